The van der Waals surface area contributed by atoms with E-state index in [9.17, 15) is 14.7 Å². The molecule has 2 aliphatic rings. The number of amides is 2. The second-order valence-electron chi connectivity index (χ2n) is 10.3. The van der Waals surface area contributed by atoms with E-state index in [1.165, 1.54) is 10.5 Å². The molecule has 0 aliphatic carbocycles. The van der Waals surface area contributed by atoms with Crippen molar-refractivity contribution in [2.24, 2.45) is 0 Å². The number of benzene rings is 3. The van der Waals surface area contributed by atoms with Crippen molar-refractivity contribution in [3.8, 4) is 5.75 Å². The lowest BCUT2D eigenvalue weighted by atomic mass is 9.94. The number of carbonyl (C=O) groups excluding carboxylic acids is 2. The second kappa shape index (κ2) is 11.0. The molecular weight excluding hydrogens is 466 g/mol. The summed E-state index contributed by atoms with van der Waals surface area (Å²) in [5, 5.41) is 12.2. The molecule has 2 aliphatic heterocycles. The van der Waals surface area contributed by atoms with E-state index in [0.29, 0.717) is 36.7 Å². The van der Waals surface area contributed by atoms with Gasteiger partial charge in [0.15, 0.2) is 0 Å². The van der Waals surface area contributed by atoms with Crippen LogP contribution in [0.1, 0.15) is 46.0 Å². The van der Waals surface area contributed by atoms with Crippen molar-refractivity contribution in [3.05, 3.63) is 77.4 Å². The number of aliphatic hydroxyl groups is 1. The van der Waals surface area contributed by atoms with Crippen LogP contribution in [0.5, 0.6) is 5.75 Å². The molecule has 0 bridgehead atoms. The first kappa shape index (κ1) is 25.4. The summed E-state index contributed by atoms with van der Waals surface area (Å²) in [5.41, 5.74) is 2.47. The summed E-state index contributed by atoms with van der Waals surface area (Å²) >= 11 is 0. The number of rotatable bonds is 9. The Bertz CT molecular complexity index is 1210. The van der Waals surface area contributed by atoms with Crippen molar-refractivity contribution in [1.82, 2.24) is 14.7 Å². The maximum absolute atomic E-state index is 13.1. The van der Waals surface area contributed by atoms with E-state index in [2.05, 4.69) is 35.8 Å². The van der Waals surface area contributed by atoms with E-state index in [0.717, 1.165) is 42.7 Å². The predicted molar refractivity (Wildman–Crippen MR) is 144 cm³/mol. The molecule has 7 heteroatoms. The number of hydrogen-bond donors (Lipinski definition) is 1. The average molecular weight is 502 g/mol. The molecule has 0 saturated carbocycles. The minimum atomic E-state index is -0.567. The van der Waals surface area contributed by atoms with Crippen LogP contribution in [0.15, 0.2) is 60.7 Å². The smallest absolute Gasteiger partial charge is 0.261 e. The number of hydrogen-bond acceptors (Lipinski definition) is 6. The number of ether oxygens (including phenoxy) is 1. The topological polar surface area (TPSA) is 73.3 Å². The third kappa shape index (κ3) is 5.54. The standard InChI is InChI=1S/C30H35N3O4/c1-21(2)22-9-11-25(12-10-22)37-20-24(34)19-32-15-13-31(14-16-32)17-18-33-29(35)26-7-3-5-23-6-4-8-27(28(23)26)30(33)36/h3-12,21,24,34H,13-20H2,1-2H3. The van der Waals surface area contributed by atoms with Gasteiger partial charge < -0.3 is 9.84 Å². The van der Waals surface area contributed by atoms with Gasteiger partial charge in [-0.05, 0) is 41.1 Å². The van der Waals surface area contributed by atoms with Gasteiger partial charge in [-0.15, -0.1) is 0 Å². The van der Waals surface area contributed by atoms with Gasteiger partial charge in [-0.25, -0.2) is 0 Å². The van der Waals surface area contributed by atoms with Crippen LogP contribution in [0.2, 0.25) is 0 Å². The van der Waals surface area contributed by atoms with Crippen LogP contribution in [0, 0.1) is 0 Å². The Kier molecular flexibility index (Phi) is 7.55. The number of nitrogens with zero attached hydrogens (tertiary/aromatic N) is 3. The molecule has 1 fully saturated rings. The molecule has 1 N–H and O–H groups in total. The minimum absolute atomic E-state index is 0.213. The van der Waals surface area contributed by atoms with Gasteiger partial charge in [-0.1, -0.05) is 50.2 Å². The largest absolute Gasteiger partial charge is 0.491 e. The van der Waals surface area contributed by atoms with E-state index in [1.807, 2.05) is 48.5 Å². The summed E-state index contributed by atoms with van der Waals surface area (Å²) < 4.78 is 5.78. The Labute approximate surface area is 218 Å². The van der Waals surface area contributed by atoms with Crippen molar-refractivity contribution in [1.29, 1.82) is 0 Å². The van der Waals surface area contributed by atoms with Crippen LogP contribution < -0.4 is 4.74 Å². The molecule has 0 spiro atoms. The quantitative estimate of drug-likeness (QED) is 0.452. The highest BCUT2D eigenvalue weighted by Crippen LogP contribution is 2.29. The third-order valence-electron chi connectivity index (χ3n) is 7.42. The number of carbonyl (C=O) groups is 2. The zero-order chi connectivity index (χ0) is 25.9. The van der Waals surface area contributed by atoms with E-state index >= 15 is 0 Å². The summed E-state index contributed by atoms with van der Waals surface area (Å²) in [5.74, 6) is 0.824. The lowest BCUT2D eigenvalue weighted by Gasteiger charge is -2.36. The molecule has 194 valence electrons. The first-order chi connectivity index (χ1) is 17.9. The van der Waals surface area contributed by atoms with Crippen LogP contribution in [0.25, 0.3) is 10.8 Å². The Morgan fingerprint density at radius 1 is 0.811 bits per heavy atom. The van der Waals surface area contributed by atoms with Crippen LogP contribution in [-0.2, 0) is 0 Å². The lowest BCUT2D eigenvalue weighted by molar-refractivity contribution is 0.0416. The molecule has 1 unspecified atom stereocenters. The zero-order valence-corrected chi connectivity index (χ0v) is 21.6. The first-order valence-electron chi connectivity index (χ1n) is 13.1. The first-order valence-corrected chi connectivity index (χ1v) is 13.1. The van der Waals surface area contributed by atoms with Gasteiger partial charge in [0.25, 0.3) is 11.8 Å². The molecule has 5 rings (SSSR count). The fraction of sp³-hybridized carbons (Fsp3) is 0.400. The van der Waals surface area contributed by atoms with Gasteiger partial charge in [0.05, 0.1) is 0 Å². The van der Waals surface area contributed by atoms with E-state index in [-0.39, 0.29) is 18.4 Å². The number of aliphatic hydroxyl groups excluding tert-OH is 1. The van der Waals surface area contributed by atoms with Crippen LogP contribution in [-0.4, -0.2) is 90.1 Å². The van der Waals surface area contributed by atoms with Gasteiger partial charge in [-0.3, -0.25) is 24.3 Å². The van der Waals surface area contributed by atoms with E-state index in [4.69, 9.17) is 4.74 Å². The highest BCUT2D eigenvalue weighted by molar-refractivity contribution is 6.25. The summed E-state index contributed by atoms with van der Waals surface area (Å²) in [7, 11) is 0. The zero-order valence-electron chi connectivity index (χ0n) is 21.6. The molecular formula is C30H35N3O4. The average Bonchev–Trinajstić information content (AvgIpc) is 2.91. The molecule has 0 aromatic heterocycles. The van der Waals surface area contributed by atoms with Crippen LogP contribution in [0.3, 0.4) is 0 Å². The molecule has 3 aromatic rings. The van der Waals surface area contributed by atoms with Crippen molar-refractivity contribution in [2.45, 2.75) is 25.9 Å². The van der Waals surface area contributed by atoms with Gasteiger partial charge in [0.2, 0.25) is 0 Å². The summed E-state index contributed by atoms with van der Waals surface area (Å²) in [6.45, 7) is 9.44. The number of imide groups is 1. The molecule has 1 atom stereocenters. The normalized spacial score (nSPS) is 17.6. The van der Waals surface area contributed by atoms with E-state index in [1.54, 1.807) is 0 Å². The van der Waals surface area contributed by atoms with Crippen molar-refractivity contribution in [3.63, 3.8) is 0 Å². The number of β-amino-alcohol motifs (C(OH)–C–C–N with tert-alkyl or cyclic N) is 1. The summed E-state index contributed by atoms with van der Waals surface area (Å²) in [6, 6.07) is 19.3. The third-order valence-corrected chi connectivity index (χ3v) is 7.42. The monoisotopic (exact) mass is 501 g/mol. The summed E-state index contributed by atoms with van der Waals surface area (Å²) in [6.07, 6.45) is -0.567. The fourth-order valence-corrected chi connectivity index (χ4v) is 5.21. The minimum Gasteiger partial charge on any atom is -0.491 e. The highest BCUT2D eigenvalue weighted by atomic mass is 16.5. The van der Waals surface area contributed by atoms with Gasteiger partial charge in [-0.2, -0.15) is 0 Å². The molecule has 2 amide bonds. The Hall–Kier alpha value is -3.26. The molecule has 2 heterocycles. The molecule has 37 heavy (non-hydrogen) atoms. The molecule has 7 nitrogen and oxygen atoms in total. The maximum atomic E-state index is 13.1. The SMILES string of the molecule is CC(C)c1ccc(OCC(O)CN2CCN(CCN3C(=O)c4cccc5cccc(c45)C3=O)CC2)cc1. The van der Waals surface area contributed by atoms with Crippen molar-refractivity contribution in [2.75, 3.05) is 52.4 Å². The van der Waals surface area contributed by atoms with Crippen LogP contribution in [0.4, 0.5) is 0 Å². The van der Waals surface area contributed by atoms with Crippen LogP contribution >= 0.6 is 0 Å². The maximum Gasteiger partial charge on any atom is 0.261 e. The Balaban J connectivity index is 1.07. The van der Waals surface area contributed by atoms with Gasteiger partial charge >= 0.3 is 0 Å². The number of piperazine rings is 1. The Morgan fingerprint density at radius 2 is 1.41 bits per heavy atom. The Morgan fingerprint density at radius 3 is 2.00 bits per heavy atom. The van der Waals surface area contributed by atoms with Gasteiger partial charge in [0.1, 0.15) is 18.5 Å². The fourth-order valence-electron chi connectivity index (χ4n) is 5.21. The van der Waals surface area contributed by atoms with Crippen molar-refractivity contribution >= 4 is 22.6 Å². The lowest BCUT2D eigenvalue weighted by Crippen LogP contribution is -2.51. The second-order valence-corrected chi connectivity index (χ2v) is 10.3. The van der Waals surface area contributed by atoms with E-state index < -0.39 is 6.10 Å². The predicted octanol–water partition coefficient (Wildman–Crippen LogP) is 3.62. The molecule has 3 aromatic carbocycles. The van der Waals surface area contributed by atoms with Gasteiger partial charge in [0, 0.05) is 62.3 Å². The molecule has 0 radical (unpaired) electrons. The molecule has 1 saturated heterocycles. The highest BCUT2D eigenvalue weighted by Gasteiger charge is 2.33. The summed E-state index contributed by atoms with van der Waals surface area (Å²) in [4.78, 5) is 32.1. The van der Waals surface area contributed by atoms with Crippen molar-refractivity contribution < 1.29 is 19.4 Å².